The second-order valence-corrected chi connectivity index (χ2v) is 8.94. The summed E-state index contributed by atoms with van der Waals surface area (Å²) in [5, 5.41) is 12.0. The highest BCUT2D eigenvalue weighted by molar-refractivity contribution is 5.98. The van der Waals surface area contributed by atoms with Gasteiger partial charge >= 0.3 is 0 Å². The van der Waals surface area contributed by atoms with Crippen molar-refractivity contribution in [3.05, 3.63) is 59.2 Å². The molecule has 32 heavy (non-hydrogen) atoms. The molecule has 0 bridgehead atoms. The van der Waals surface area contributed by atoms with Crippen LogP contribution < -0.4 is 5.32 Å². The number of carbonyl (C=O) groups excluding carboxylic acids is 1. The lowest BCUT2D eigenvalue weighted by atomic mass is 9.97. The molecule has 1 aromatic carbocycles. The number of hydrogen-bond acceptors (Lipinski definition) is 6. The average Bonchev–Trinajstić information content (AvgIpc) is 3.34. The van der Waals surface area contributed by atoms with Crippen LogP contribution in [0.4, 0.5) is 5.95 Å². The Morgan fingerprint density at radius 1 is 1.12 bits per heavy atom. The first-order valence-corrected chi connectivity index (χ1v) is 11.5. The third-order valence-electron chi connectivity index (χ3n) is 6.56. The number of hydrogen-bond donors (Lipinski definition) is 1. The van der Waals surface area contributed by atoms with E-state index in [0.717, 1.165) is 31.2 Å². The maximum atomic E-state index is 13.7. The molecule has 1 aliphatic carbocycles. The van der Waals surface area contributed by atoms with Gasteiger partial charge in [0.2, 0.25) is 5.95 Å². The van der Waals surface area contributed by atoms with Gasteiger partial charge in [0, 0.05) is 30.5 Å². The minimum Gasteiger partial charge on any atom is -0.350 e. The van der Waals surface area contributed by atoms with Crippen molar-refractivity contribution in [1.82, 2.24) is 29.9 Å². The van der Waals surface area contributed by atoms with Crippen molar-refractivity contribution >= 4 is 11.9 Å². The number of rotatable bonds is 4. The van der Waals surface area contributed by atoms with E-state index >= 15 is 0 Å². The van der Waals surface area contributed by atoms with Gasteiger partial charge in [-0.3, -0.25) is 4.79 Å². The molecule has 1 N–H and O–H groups in total. The number of likely N-dealkylation sites (tertiary alicyclic amines) is 1. The lowest BCUT2D eigenvalue weighted by molar-refractivity contribution is 0.0620. The predicted molar refractivity (Wildman–Crippen MR) is 122 cm³/mol. The Morgan fingerprint density at radius 3 is 2.78 bits per heavy atom. The van der Waals surface area contributed by atoms with Gasteiger partial charge < -0.3 is 10.2 Å². The molecule has 0 spiro atoms. The second kappa shape index (κ2) is 8.68. The van der Waals surface area contributed by atoms with E-state index in [0.29, 0.717) is 23.7 Å². The monoisotopic (exact) mass is 431 g/mol. The summed E-state index contributed by atoms with van der Waals surface area (Å²) >= 11 is 0. The Hall–Kier alpha value is -3.29. The highest BCUT2D eigenvalue weighted by Gasteiger charge is 2.31. The van der Waals surface area contributed by atoms with Gasteiger partial charge in [-0.25, -0.2) is 9.97 Å². The average molecular weight is 432 g/mol. The number of benzene rings is 1. The highest BCUT2D eigenvalue weighted by Crippen LogP contribution is 2.25. The number of piperidine rings is 1. The zero-order valence-corrected chi connectivity index (χ0v) is 18.7. The highest BCUT2D eigenvalue weighted by atomic mass is 16.2. The number of aryl methyl sites for hydroxylation is 3. The van der Waals surface area contributed by atoms with Crippen LogP contribution in [0.3, 0.4) is 0 Å². The first-order valence-electron chi connectivity index (χ1n) is 11.5. The molecule has 2 atom stereocenters. The molecule has 0 radical (unpaired) electrons. The number of nitrogens with zero attached hydrogens (tertiary/aromatic N) is 6. The van der Waals surface area contributed by atoms with Crippen LogP contribution in [0, 0.1) is 6.92 Å². The van der Waals surface area contributed by atoms with Gasteiger partial charge in [0.05, 0.1) is 23.6 Å². The van der Waals surface area contributed by atoms with E-state index in [1.807, 2.05) is 36.2 Å². The van der Waals surface area contributed by atoms with Crippen LogP contribution in [-0.2, 0) is 12.8 Å². The third kappa shape index (κ3) is 4.09. The smallest absolute Gasteiger partial charge is 0.256 e. The fourth-order valence-electron chi connectivity index (χ4n) is 4.73. The summed E-state index contributed by atoms with van der Waals surface area (Å²) in [4.78, 5) is 26.5. The lowest BCUT2D eigenvalue weighted by Gasteiger charge is -2.38. The van der Waals surface area contributed by atoms with E-state index in [9.17, 15) is 4.79 Å². The molecule has 3 aromatic rings. The molecule has 0 saturated carbocycles. The molecule has 1 aliphatic heterocycles. The summed E-state index contributed by atoms with van der Waals surface area (Å²) in [6.45, 7) is 4.72. The standard InChI is InChI=1S/C24H29N7O/c1-16-7-10-22(31-26-11-12-27-31)20(13-16)23(32)30-15-19(9-8-17(30)2)28-24-25-14-18-5-3-4-6-21(18)29-24/h7,10-14,17,19H,3-6,8-9,15H2,1-2H3,(H,25,28,29). The summed E-state index contributed by atoms with van der Waals surface area (Å²) in [7, 11) is 0. The van der Waals surface area contributed by atoms with Crippen LogP contribution in [0.1, 0.15) is 59.8 Å². The molecular weight excluding hydrogens is 402 g/mol. The van der Waals surface area contributed by atoms with E-state index in [4.69, 9.17) is 4.98 Å². The van der Waals surface area contributed by atoms with Crippen molar-refractivity contribution in [1.29, 1.82) is 0 Å². The fraction of sp³-hybridized carbons (Fsp3) is 0.458. The van der Waals surface area contributed by atoms with Crippen molar-refractivity contribution in [2.75, 3.05) is 11.9 Å². The molecule has 5 rings (SSSR count). The quantitative estimate of drug-likeness (QED) is 0.682. The Labute approximate surface area is 188 Å². The van der Waals surface area contributed by atoms with Gasteiger partial charge in [0.25, 0.3) is 5.91 Å². The SMILES string of the molecule is Cc1ccc(-n2nccn2)c(C(=O)N2CC(Nc3ncc4c(n3)CCCC4)CCC2C)c1. The van der Waals surface area contributed by atoms with E-state index in [2.05, 4.69) is 27.4 Å². The molecule has 8 heteroatoms. The van der Waals surface area contributed by atoms with Crippen molar-refractivity contribution in [2.24, 2.45) is 0 Å². The van der Waals surface area contributed by atoms with Crippen LogP contribution in [0.25, 0.3) is 5.69 Å². The van der Waals surface area contributed by atoms with Crippen LogP contribution in [0.5, 0.6) is 0 Å². The van der Waals surface area contributed by atoms with Crippen LogP contribution in [0.2, 0.25) is 0 Å². The Morgan fingerprint density at radius 2 is 1.94 bits per heavy atom. The maximum absolute atomic E-state index is 13.7. The van der Waals surface area contributed by atoms with Gasteiger partial charge in [-0.1, -0.05) is 11.6 Å². The molecule has 8 nitrogen and oxygen atoms in total. The van der Waals surface area contributed by atoms with Crippen LogP contribution >= 0.6 is 0 Å². The number of anilines is 1. The molecule has 1 fully saturated rings. The Bertz CT molecular complexity index is 1110. The number of nitrogens with one attached hydrogen (secondary N) is 1. The first kappa shape index (κ1) is 20.6. The molecule has 2 aromatic heterocycles. The summed E-state index contributed by atoms with van der Waals surface area (Å²) in [6.07, 6.45) is 11.6. The van der Waals surface area contributed by atoms with Crippen molar-refractivity contribution in [3.8, 4) is 5.69 Å². The summed E-state index contributed by atoms with van der Waals surface area (Å²) in [5.41, 5.74) is 4.80. The van der Waals surface area contributed by atoms with Crippen molar-refractivity contribution in [2.45, 2.75) is 64.5 Å². The van der Waals surface area contributed by atoms with Crippen molar-refractivity contribution in [3.63, 3.8) is 0 Å². The number of aromatic nitrogens is 5. The second-order valence-electron chi connectivity index (χ2n) is 8.94. The minimum absolute atomic E-state index is 0.00589. The molecule has 2 unspecified atom stereocenters. The number of carbonyl (C=O) groups is 1. The van der Waals surface area contributed by atoms with Crippen molar-refractivity contribution < 1.29 is 4.79 Å². The molecule has 2 aliphatic rings. The van der Waals surface area contributed by atoms with Gasteiger partial charge in [0.15, 0.2) is 0 Å². The van der Waals surface area contributed by atoms with Crippen LogP contribution in [0.15, 0.2) is 36.8 Å². The molecular formula is C24H29N7O. The number of amides is 1. The molecule has 3 heterocycles. The summed E-state index contributed by atoms with van der Waals surface area (Å²) in [5.74, 6) is 0.681. The minimum atomic E-state index is 0.00589. The topological polar surface area (TPSA) is 88.8 Å². The van der Waals surface area contributed by atoms with E-state index in [-0.39, 0.29) is 18.0 Å². The zero-order valence-electron chi connectivity index (χ0n) is 18.7. The molecule has 1 saturated heterocycles. The van der Waals surface area contributed by atoms with Crippen LogP contribution in [-0.4, -0.2) is 54.4 Å². The lowest BCUT2D eigenvalue weighted by Crippen LogP contribution is -2.50. The largest absolute Gasteiger partial charge is 0.350 e. The van der Waals surface area contributed by atoms with E-state index in [1.165, 1.54) is 28.9 Å². The molecule has 166 valence electrons. The third-order valence-corrected chi connectivity index (χ3v) is 6.56. The molecule has 1 amide bonds. The van der Waals surface area contributed by atoms with E-state index in [1.54, 1.807) is 12.4 Å². The normalized spacial score (nSPS) is 20.6. The maximum Gasteiger partial charge on any atom is 0.256 e. The fourth-order valence-corrected chi connectivity index (χ4v) is 4.73. The first-order chi connectivity index (χ1) is 15.6. The van der Waals surface area contributed by atoms with Gasteiger partial charge in [-0.15, -0.1) is 0 Å². The Balaban J connectivity index is 1.36. The summed E-state index contributed by atoms with van der Waals surface area (Å²) < 4.78 is 0. The van der Waals surface area contributed by atoms with Gasteiger partial charge in [-0.05, 0) is 70.1 Å². The predicted octanol–water partition coefficient (Wildman–Crippen LogP) is 3.35. The van der Waals surface area contributed by atoms with Gasteiger partial charge in [0.1, 0.15) is 0 Å². The van der Waals surface area contributed by atoms with Gasteiger partial charge in [-0.2, -0.15) is 15.0 Å². The summed E-state index contributed by atoms with van der Waals surface area (Å²) in [6, 6.07) is 6.09. The zero-order chi connectivity index (χ0) is 22.1. The Kier molecular flexibility index (Phi) is 5.59. The van der Waals surface area contributed by atoms with E-state index < -0.39 is 0 Å². The number of fused-ring (bicyclic) bond motifs is 1.